The van der Waals surface area contributed by atoms with Crippen molar-refractivity contribution in [1.29, 1.82) is 0 Å². The average Bonchev–Trinajstić information content (AvgIpc) is 3.05. The van der Waals surface area contributed by atoms with Gasteiger partial charge in [0.15, 0.2) is 0 Å². The zero-order chi connectivity index (χ0) is 14.2. The van der Waals surface area contributed by atoms with Crippen LogP contribution in [0.3, 0.4) is 0 Å². The fourth-order valence-electron chi connectivity index (χ4n) is 2.79. The molecule has 0 unspecified atom stereocenters. The predicted octanol–water partition coefficient (Wildman–Crippen LogP) is 1.82. The van der Waals surface area contributed by atoms with Gasteiger partial charge in [-0.3, -0.25) is 9.89 Å². The van der Waals surface area contributed by atoms with Gasteiger partial charge in [0.2, 0.25) is 0 Å². The SMILES string of the molecule is O=C(NCc1ccc2c(c1)CNC2)c1cc(C2CC2)[nH]n1. The summed E-state index contributed by atoms with van der Waals surface area (Å²) < 4.78 is 0. The largest absolute Gasteiger partial charge is 0.347 e. The Morgan fingerprint density at radius 3 is 2.95 bits per heavy atom. The topological polar surface area (TPSA) is 69.8 Å². The molecule has 1 aliphatic heterocycles. The van der Waals surface area contributed by atoms with Crippen molar-refractivity contribution >= 4 is 5.91 Å². The van der Waals surface area contributed by atoms with Gasteiger partial charge < -0.3 is 10.6 Å². The highest BCUT2D eigenvalue weighted by Gasteiger charge is 2.26. The molecule has 3 N–H and O–H groups in total. The van der Waals surface area contributed by atoms with Crippen molar-refractivity contribution in [2.75, 3.05) is 0 Å². The predicted molar refractivity (Wildman–Crippen MR) is 78.7 cm³/mol. The first kappa shape index (κ1) is 12.6. The molecule has 5 heteroatoms. The number of aromatic nitrogens is 2. The molecule has 1 aliphatic carbocycles. The van der Waals surface area contributed by atoms with Crippen molar-refractivity contribution in [1.82, 2.24) is 20.8 Å². The van der Waals surface area contributed by atoms with Crippen LogP contribution in [0.15, 0.2) is 24.3 Å². The summed E-state index contributed by atoms with van der Waals surface area (Å²) >= 11 is 0. The highest BCUT2D eigenvalue weighted by Crippen LogP contribution is 2.38. The summed E-state index contributed by atoms with van der Waals surface area (Å²) in [5.74, 6) is 0.472. The number of nitrogens with one attached hydrogen (secondary N) is 3. The van der Waals surface area contributed by atoms with Crippen molar-refractivity contribution in [2.24, 2.45) is 0 Å². The number of nitrogens with zero attached hydrogens (tertiary/aromatic N) is 1. The Kier molecular flexibility index (Phi) is 3.00. The number of hydrogen-bond acceptors (Lipinski definition) is 3. The van der Waals surface area contributed by atoms with E-state index in [-0.39, 0.29) is 5.91 Å². The lowest BCUT2D eigenvalue weighted by Crippen LogP contribution is -2.23. The van der Waals surface area contributed by atoms with Gasteiger partial charge in [0, 0.05) is 31.2 Å². The Morgan fingerprint density at radius 1 is 1.24 bits per heavy atom. The smallest absolute Gasteiger partial charge is 0.272 e. The summed E-state index contributed by atoms with van der Waals surface area (Å²) in [6.07, 6.45) is 2.40. The van der Waals surface area contributed by atoms with Crippen LogP contribution in [0.25, 0.3) is 0 Å². The first-order valence-electron chi connectivity index (χ1n) is 7.44. The normalized spacial score (nSPS) is 16.8. The maximum Gasteiger partial charge on any atom is 0.272 e. The summed E-state index contributed by atoms with van der Waals surface area (Å²) in [7, 11) is 0. The van der Waals surface area contributed by atoms with Gasteiger partial charge >= 0.3 is 0 Å². The number of aromatic amines is 1. The highest BCUT2D eigenvalue weighted by atomic mass is 16.1. The summed E-state index contributed by atoms with van der Waals surface area (Å²) in [6, 6.07) is 8.25. The van der Waals surface area contributed by atoms with E-state index >= 15 is 0 Å². The highest BCUT2D eigenvalue weighted by molar-refractivity contribution is 5.92. The minimum atomic E-state index is -0.114. The number of hydrogen-bond donors (Lipinski definition) is 3. The summed E-state index contributed by atoms with van der Waals surface area (Å²) in [5, 5.41) is 13.3. The van der Waals surface area contributed by atoms with Crippen LogP contribution >= 0.6 is 0 Å². The van der Waals surface area contributed by atoms with Gasteiger partial charge in [0.05, 0.1) is 0 Å². The fraction of sp³-hybridized carbons (Fsp3) is 0.375. The first-order chi connectivity index (χ1) is 10.3. The van der Waals surface area contributed by atoms with Gasteiger partial charge in [-0.2, -0.15) is 5.10 Å². The molecule has 2 heterocycles. The van der Waals surface area contributed by atoms with E-state index in [1.807, 2.05) is 6.07 Å². The Hall–Kier alpha value is -2.14. The molecule has 0 spiro atoms. The van der Waals surface area contributed by atoms with Crippen molar-refractivity contribution in [3.05, 3.63) is 52.3 Å². The van der Waals surface area contributed by atoms with Gasteiger partial charge in [0.1, 0.15) is 5.69 Å². The van der Waals surface area contributed by atoms with Gasteiger partial charge in [-0.1, -0.05) is 18.2 Å². The van der Waals surface area contributed by atoms with Crippen molar-refractivity contribution in [2.45, 2.75) is 38.4 Å². The third-order valence-electron chi connectivity index (χ3n) is 4.20. The molecule has 0 atom stereocenters. The van der Waals surface area contributed by atoms with E-state index in [0.717, 1.165) is 24.3 Å². The van der Waals surface area contributed by atoms with E-state index in [4.69, 9.17) is 0 Å². The maximum absolute atomic E-state index is 12.1. The number of carbonyl (C=O) groups excluding carboxylic acids is 1. The van der Waals surface area contributed by atoms with Gasteiger partial charge in [-0.25, -0.2) is 0 Å². The quantitative estimate of drug-likeness (QED) is 0.801. The standard InChI is InChI=1S/C16H18N4O/c21-16(15-6-14(19-20-15)11-3-4-11)18-7-10-1-2-12-8-17-9-13(12)5-10/h1-2,5-6,11,17H,3-4,7-9H2,(H,18,21)(H,19,20). The zero-order valence-electron chi connectivity index (χ0n) is 11.8. The molecule has 0 saturated heterocycles. The number of amides is 1. The maximum atomic E-state index is 12.1. The number of fused-ring (bicyclic) bond motifs is 1. The van der Waals surface area contributed by atoms with Crippen LogP contribution in [0.1, 0.15) is 51.6 Å². The molecule has 2 aromatic rings. The fourth-order valence-corrected chi connectivity index (χ4v) is 2.79. The molecular formula is C16H18N4O. The second-order valence-electron chi connectivity index (χ2n) is 5.87. The Labute approximate surface area is 123 Å². The van der Waals surface area contributed by atoms with Crippen LogP contribution in [-0.4, -0.2) is 16.1 Å². The Morgan fingerprint density at radius 2 is 2.10 bits per heavy atom. The van der Waals surface area contributed by atoms with Crippen LogP contribution in [0.4, 0.5) is 0 Å². The van der Waals surface area contributed by atoms with Gasteiger partial charge in [-0.15, -0.1) is 0 Å². The molecule has 1 fully saturated rings. The van der Waals surface area contributed by atoms with Crippen LogP contribution < -0.4 is 10.6 Å². The molecule has 1 aromatic heterocycles. The first-order valence-corrected chi connectivity index (χ1v) is 7.44. The molecule has 2 aliphatic rings. The van der Waals surface area contributed by atoms with E-state index in [0.29, 0.717) is 18.2 Å². The second-order valence-corrected chi connectivity index (χ2v) is 5.87. The second kappa shape index (κ2) is 5.00. The van der Waals surface area contributed by atoms with E-state index < -0.39 is 0 Å². The van der Waals surface area contributed by atoms with E-state index in [2.05, 4.69) is 39.0 Å². The molecule has 4 rings (SSSR count). The lowest BCUT2D eigenvalue weighted by atomic mass is 10.1. The third kappa shape index (κ3) is 2.56. The minimum absolute atomic E-state index is 0.114. The average molecular weight is 282 g/mol. The third-order valence-corrected chi connectivity index (χ3v) is 4.20. The van der Waals surface area contributed by atoms with Crippen LogP contribution in [0.5, 0.6) is 0 Å². The van der Waals surface area contributed by atoms with E-state index in [1.165, 1.54) is 24.0 Å². The molecule has 21 heavy (non-hydrogen) atoms. The van der Waals surface area contributed by atoms with E-state index in [9.17, 15) is 4.79 Å². The molecule has 108 valence electrons. The zero-order valence-corrected chi connectivity index (χ0v) is 11.8. The Bertz CT molecular complexity index is 687. The van der Waals surface area contributed by atoms with Crippen molar-refractivity contribution in [3.8, 4) is 0 Å². The van der Waals surface area contributed by atoms with E-state index in [1.54, 1.807) is 0 Å². The van der Waals surface area contributed by atoms with Crippen LogP contribution in [0.2, 0.25) is 0 Å². The number of rotatable bonds is 4. The monoisotopic (exact) mass is 282 g/mol. The van der Waals surface area contributed by atoms with Crippen LogP contribution in [-0.2, 0) is 19.6 Å². The van der Waals surface area contributed by atoms with Gasteiger partial charge in [-0.05, 0) is 35.6 Å². The number of carbonyl (C=O) groups is 1. The van der Waals surface area contributed by atoms with Crippen molar-refractivity contribution in [3.63, 3.8) is 0 Å². The molecular weight excluding hydrogens is 264 g/mol. The lowest BCUT2D eigenvalue weighted by molar-refractivity contribution is 0.0946. The minimum Gasteiger partial charge on any atom is -0.347 e. The molecule has 1 amide bonds. The lowest BCUT2D eigenvalue weighted by Gasteiger charge is -2.05. The van der Waals surface area contributed by atoms with Gasteiger partial charge in [0.25, 0.3) is 5.91 Å². The Balaban J connectivity index is 1.40. The molecule has 1 aromatic carbocycles. The summed E-state index contributed by atoms with van der Waals surface area (Å²) in [5.41, 5.74) is 5.39. The molecule has 0 bridgehead atoms. The molecule has 0 radical (unpaired) electrons. The van der Waals surface area contributed by atoms with Crippen LogP contribution in [0, 0.1) is 0 Å². The number of benzene rings is 1. The number of H-pyrrole nitrogens is 1. The molecule has 5 nitrogen and oxygen atoms in total. The van der Waals surface area contributed by atoms with Crippen molar-refractivity contribution < 1.29 is 4.79 Å². The summed E-state index contributed by atoms with van der Waals surface area (Å²) in [6.45, 7) is 2.40. The summed E-state index contributed by atoms with van der Waals surface area (Å²) in [4.78, 5) is 12.1. The molecule has 1 saturated carbocycles.